The van der Waals surface area contributed by atoms with E-state index in [-0.39, 0.29) is 35.4 Å². The van der Waals surface area contributed by atoms with Crippen molar-refractivity contribution in [2.75, 3.05) is 31.1 Å². The summed E-state index contributed by atoms with van der Waals surface area (Å²) < 4.78 is 16.1. The van der Waals surface area contributed by atoms with Crippen molar-refractivity contribution < 1.29 is 22.8 Å². The number of piperidine rings is 2. The van der Waals surface area contributed by atoms with Crippen LogP contribution in [-0.2, 0) is 4.79 Å². The Hall–Kier alpha value is -4.00. The van der Waals surface area contributed by atoms with Crippen molar-refractivity contribution in [2.45, 2.75) is 31.7 Å². The molecule has 10 heteroatoms. The topological polar surface area (TPSA) is 129 Å². The molecule has 5 rings (SSSR count). The van der Waals surface area contributed by atoms with E-state index in [0.717, 1.165) is 12.8 Å². The number of anilines is 1. The maximum absolute atomic E-state index is 12.9. The van der Waals surface area contributed by atoms with Crippen molar-refractivity contribution in [3.63, 3.8) is 0 Å². The van der Waals surface area contributed by atoms with Crippen LogP contribution < -0.4 is 10.2 Å². The number of carbonyl (C=O) groups excluding carboxylic acids is 2. The number of nitriles is 1. The van der Waals surface area contributed by atoms with Gasteiger partial charge in [0.15, 0.2) is 5.76 Å². The summed E-state index contributed by atoms with van der Waals surface area (Å²) in [4.78, 5) is 33.3. The number of rotatable bonds is 5. The Morgan fingerprint density at radius 2 is 1.88 bits per heavy atom. The lowest BCUT2D eigenvalue weighted by molar-refractivity contribution is -0.126. The highest BCUT2D eigenvalue weighted by atomic mass is 16.4. The third-order valence-corrected chi connectivity index (χ3v) is 6.50. The normalized spacial score (nSPS) is 17.5. The Morgan fingerprint density at radius 1 is 1.09 bits per heavy atom. The molecule has 3 aromatic rings. The van der Waals surface area contributed by atoms with Crippen molar-refractivity contribution in [1.29, 1.82) is 5.26 Å². The molecule has 176 valence electrons. The quantitative estimate of drug-likeness (QED) is 0.611. The Labute approximate surface area is 196 Å². The van der Waals surface area contributed by atoms with Gasteiger partial charge >= 0.3 is 0 Å². The number of furan rings is 2. The highest BCUT2D eigenvalue weighted by Gasteiger charge is 2.31. The number of hydrogen-bond acceptors (Lipinski definition) is 8. The fourth-order valence-electron chi connectivity index (χ4n) is 4.56. The first-order valence-corrected chi connectivity index (χ1v) is 11.4. The molecule has 0 aliphatic carbocycles. The van der Waals surface area contributed by atoms with Gasteiger partial charge in [-0.1, -0.05) is 0 Å². The van der Waals surface area contributed by atoms with Gasteiger partial charge in [-0.05, 0) is 43.9 Å². The molecule has 10 nitrogen and oxygen atoms in total. The van der Waals surface area contributed by atoms with Gasteiger partial charge in [-0.15, -0.1) is 0 Å². The van der Waals surface area contributed by atoms with E-state index in [1.807, 2.05) is 4.90 Å². The minimum atomic E-state index is -0.0974. The smallest absolute Gasteiger partial charge is 0.266 e. The number of nitrogens with one attached hydrogen (secondary N) is 1. The van der Waals surface area contributed by atoms with Crippen LogP contribution in [0.1, 0.15) is 41.7 Å². The molecule has 0 aromatic carbocycles. The van der Waals surface area contributed by atoms with Gasteiger partial charge in [0.05, 0.1) is 18.1 Å². The van der Waals surface area contributed by atoms with Gasteiger partial charge in [0.1, 0.15) is 12.3 Å². The SMILES string of the molecule is N#Cc1nc(-c2ccco2)oc1N1CCC(C(=O)NC2CCN(C(=O)c3ccoc3)CC2)CC1. The highest BCUT2D eigenvalue weighted by molar-refractivity contribution is 5.93. The van der Waals surface area contributed by atoms with Gasteiger partial charge in [0.2, 0.25) is 17.5 Å². The summed E-state index contributed by atoms with van der Waals surface area (Å²) in [7, 11) is 0. The van der Waals surface area contributed by atoms with Crippen LogP contribution in [0.2, 0.25) is 0 Å². The highest BCUT2D eigenvalue weighted by Crippen LogP contribution is 2.31. The number of nitrogens with zero attached hydrogens (tertiary/aromatic N) is 4. The zero-order chi connectivity index (χ0) is 23.5. The molecule has 2 aliphatic rings. The second-order valence-corrected chi connectivity index (χ2v) is 8.61. The van der Waals surface area contributed by atoms with E-state index in [0.29, 0.717) is 56.2 Å². The molecule has 0 atom stereocenters. The summed E-state index contributed by atoms with van der Waals surface area (Å²) in [5.74, 6) is 1.07. The Bertz CT molecular complexity index is 1160. The van der Waals surface area contributed by atoms with E-state index in [1.54, 1.807) is 23.1 Å². The van der Waals surface area contributed by atoms with Gasteiger partial charge in [-0.2, -0.15) is 10.2 Å². The van der Waals surface area contributed by atoms with Crippen LogP contribution >= 0.6 is 0 Å². The summed E-state index contributed by atoms with van der Waals surface area (Å²) in [6.07, 6.45) is 7.25. The van der Waals surface area contributed by atoms with Crippen molar-refractivity contribution in [2.24, 2.45) is 5.92 Å². The average Bonchev–Trinajstić information content (AvgIpc) is 3.65. The number of aromatic nitrogens is 1. The standard InChI is InChI=1S/C24H25N5O5/c25-14-19-24(34-22(27-19)20-2-1-12-33-20)29-8-3-16(4-9-29)21(30)26-18-5-10-28(11-6-18)23(31)17-7-13-32-15-17/h1-2,7,12-13,15-16,18H,3-6,8-11H2,(H,26,30). The lowest BCUT2D eigenvalue weighted by atomic mass is 9.94. The van der Waals surface area contributed by atoms with Crippen LogP contribution in [0.4, 0.5) is 5.88 Å². The second-order valence-electron chi connectivity index (χ2n) is 8.61. The predicted octanol–water partition coefficient (Wildman–Crippen LogP) is 3.04. The molecular weight excluding hydrogens is 438 g/mol. The number of hydrogen-bond donors (Lipinski definition) is 1. The van der Waals surface area contributed by atoms with Crippen LogP contribution in [-0.4, -0.2) is 53.9 Å². The van der Waals surface area contributed by atoms with Crippen LogP contribution in [0.3, 0.4) is 0 Å². The van der Waals surface area contributed by atoms with E-state index in [4.69, 9.17) is 13.3 Å². The maximum atomic E-state index is 12.9. The molecule has 2 amide bonds. The maximum Gasteiger partial charge on any atom is 0.266 e. The molecule has 0 spiro atoms. The van der Waals surface area contributed by atoms with Crippen LogP contribution in [0.25, 0.3) is 11.7 Å². The first-order valence-electron chi connectivity index (χ1n) is 11.4. The summed E-state index contributed by atoms with van der Waals surface area (Å²) >= 11 is 0. The van der Waals surface area contributed by atoms with E-state index in [9.17, 15) is 14.9 Å². The van der Waals surface area contributed by atoms with Crippen molar-refractivity contribution in [3.05, 3.63) is 48.2 Å². The molecular formula is C24H25N5O5. The van der Waals surface area contributed by atoms with Crippen molar-refractivity contribution in [1.82, 2.24) is 15.2 Å². The van der Waals surface area contributed by atoms with Gasteiger partial charge in [0, 0.05) is 38.1 Å². The molecule has 0 unspecified atom stereocenters. The van der Waals surface area contributed by atoms with Crippen molar-refractivity contribution in [3.8, 4) is 17.7 Å². The van der Waals surface area contributed by atoms with Crippen LogP contribution in [0.15, 0.2) is 50.2 Å². The lowest BCUT2D eigenvalue weighted by Gasteiger charge is -2.34. The summed E-state index contributed by atoms with van der Waals surface area (Å²) in [6.45, 7) is 2.40. The molecule has 34 heavy (non-hydrogen) atoms. The average molecular weight is 463 g/mol. The fraction of sp³-hybridized carbons (Fsp3) is 0.417. The first kappa shape index (κ1) is 21.8. The monoisotopic (exact) mass is 463 g/mol. The Balaban J connectivity index is 1.12. The number of amides is 2. The first-order chi connectivity index (χ1) is 16.6. The van der Waals surface area contributed by atoms with Gasteiger partial charge < -0.3 is 28.4 Å². The van der Waals surface area contributed by atoms with Crippen LogP contribution in [0, 0.1) is 17.2 Å². The lowest BCUT2D eigenvalue weighted by Crippen LogP contribution is -2.49. The molecule has 3 aromatic heterocycles. The van der Waals surface area contributed by atoms with E-state index in [1.165, 1.54) is 18.8 Å². The molecule has 0 radical (unpaired) electrons. The second kappa shape index (κ2) is 9.47. The Morgan fingerprint density at radius 3 is 2.53 bits per heavy atom. The van der Waals surface area contributed by atoms with E-state index in [2.05, 4.69) is 16.4 Å². The summed E-state index contributed by atoms with van der Waals surface area (Å²) in [5.41, 5.74) is 0.767. The molecule has 5 heterocycles. The number of oxazole rings is 1. The van der Waals surface area contributed by atoms with E-state index < -0.39 is 0 Å². The van der Waals surface area contributed by atoms with Gasteiger partial charge in [-0.3, -0.25) is 9.59 Å². The third-order valence-electron chi connectivity index (χ3n) is 6.50. The van der Waals surface area contributed by atoms with Crippen LogP contribution in [0.5, 0.6) is 0 Å². The number of carbonyl (C=O) groups is 2. The summed E-state index contributed by atoms with van der Waals surface area (Å²) in [5, 5.41) is 12.6. The zero-order valence-corrected chi connectivity index (χ0v) is 18.6. The zero-order valence-electron chi connectivity index (χ0n) is 18.6. The predicted molar refractivity (Wildman–Crippen MR) is 120 cm³/mol. The molecule has 0 saturated carbocycles. The third kappa shape index (κ3) is 4.41. The van der Waals surface area contributed by atoms with Crippen molar-refractivity contribution >= 4 is 17.7 Å². The minimum Gasteiger partial charge on any atom is -0.472 e. The minimum absolute atomic E-state index is 0.0368. The van der Waals surface area contributed by atoms with Gasteiger partial charge in [0.25, 0.3) is 11.8 Å². The molecule has 0 bridgehead atoms. The molecule has 2 saturated heterocycles. The fourth-order valence-corrected chi connectivity index (χ4v) is 4.56. The number of likely N-dealkylation sites (tertiary alicyclic amines) is 1. The van der Waals surface area contributed by atoms with Gasteiger partial charge in [-0.25, -0.2) is 0 Å². The Kier molecular flexibility index (Phi) is 6.08. The summed E-state index contributed by atoms with van der Waals surface area (Å²) in [6, 6.07) is 7.27. The molecule has 2 aliphatic heterocycles. The largest absolute Gasteiger partial charge is 0.472 e. The molecule has 2 fully saturated rings. The van der Waals surface area contributed by atoms with E-state index >= 15 is 0 Å². The molecule has 1 N–H and O–H groups in total.